The van der Waals surface area contributed by atoms with Crippen molar-refractivity contribution in [1.29, 1.82) is 5.26 Å². The minimum absolute atomic E-state index is 0.0729. The maximum absolute atomic E-state index is 12.3. The minimum Gasteiger partial charge on any atom is -0.326 e. The van der Waals surface area contributed by atoms with E-state index >= 15 is 0 Å². The van der Waals surface area contributed by atoms with Gasteiger partial charge in [0.2, 0.25) is 5.91 Å². The third-order valence-electron chi connectivity index (χ3n) is 5.13. The largest absolute Gasteiger partial charge is 0.326 e. The van der Waals surface area contributed by atoms with Crippen molar-refractivity contribution in [3.8, 4) is 6.07 Å². The highest BCUT2D eigenvalue weighted by atomic mass is 16.1. The normalized spacial score (nSPS) is 19.8. The van der Waals surface area contributed by atoms with Gasteiger partial charge in [-0.2, -0.15) is 5.26 Å². The average Bonchev–Trinajstić information content (AvgIpc) is 2.63. The second-order valence-corrected chi connectivity index (χ2v) is 7.07. The number of benzene rings is 2. The summed E-state index contributed by atoms with van der Waals surface area (Å²) in [6.45, 7) is 2.14. The summed E-state index contributed by atoms with van der Waals surface area (Å²) >= 11 is 0. The molecular weight excluding hydrogens is 308 g/mol. The number of anilines is 1. The first-order valence-electron chi connectivity index (χ1n) is 9.00. The molecule has 0 aliphatic heterocycles. The zero-order valence-corrected chi connectivity index (χ0v) is 14.7. The summed E-state index contributed by atoms with van der Waals surface area (Å²) in [5, 5.41) is 11.8. The third kappa shape index (κ3) is 4.70. The van der Waals surface area contributed by atoms with E-state index in [0.717, 1.165) is 31.4 Å². The summed E-state index contributed by atoms with van der Waals surface area (Å²) in [5.74, 6) is 1.18. The van der Waals surface area contributed by atoms with E-state index in [1.807, 2.05) is 0 Å². The van der Waals surface area contributed by atoms with Crippen LogP contribution >= 0.6 is 0 Å². The van der Waals surface area contributed by atoms with E-state index in [9.17, 15) is 4.79 Å². The molecule has 0 unspecified atom stereocenters. The van der Waals surface area contributed by atoms with Gasteiger partial charge in [-0.05, 0) is 74.3 Å². The smallest absolute Gasteiger partial charge is 0.224 e. The topological polar surface area (TPSA) is 52.9 Å². The van der Waals surface area contributed by atoms with Crippen molar-refractivity contribution in [3.63, 3.8) is 0 Å². The first-order chi connectivity index (χ1) is 12.1. The number of nitrogens with one attached hydrogen (secondary N) is 1. The second-order valence-electron chi connectivity index (χ2n) is 7.07. The monoisotopic (exact) mass is 332 g/mol. The van der Waals surface area contributed by atoms with E-state index in [1.165, 1.54) is 11.1 Å². The Hall–Kier alpha value is -2.60. The van der Waals surface area contributed by atoms with Crippen molar-refractivity contribution in [2.75, 3.05) is 5.32 Å². The molecule has 2 aromatic carbocycles. The number of carbonyl (C=O) groups is 1. The molecule has 3 nitrogen and oxygen atoms in total. The van der Waals surface area contributed by atoms with Crippen LogP contribution in [0.1, 0.15) is 54.7 Å². The van der Waals surface area contributed by atoms with Crippen LogP contribution in [0.25, 0.3) is 0 Å². The SMILES string of the molecule is Cc1cccc(C2CCC(CC(=O)Nc3ccc(C#N)cc3)CC2)c1. The number of nitriles is 1. The fourth-order valence-electron chi connectivity index (χ4n) is 3.73. The second kappa shape index (κ2) is 7.98. The highest BCUT2D eigenvalue weighted by Crippen LogP contribution is 2.37. The third-order valence-corrected chi connectivity index (χ3v) is 5.13. The molecule has 1 fully saturated rings. The molecule has 1 amide bonds. The lowest BCUT2D eigenvalue weighted by Gasteiger charge is -2.28. The van der Waals surface area contributed by atoms with Gasteiger partial charge in [0.25, 0.3) is 0 Å². The van der Waals surface area contributed by atoms with Gasteiger partial charge in [-0.25, -0.2) is 0 Å². The molecule has 2 aromatic rings. The van der Waals surface area contributed by atoms with Gasteiger partial charge in [0.15, 0.2) is 0 Å². The minimum atomic E-state index is 0.0729. The molecule has 128 valence electrons. The quantitative estimate of drug-likeness (QED) is 0.840. The Morgan fingerprint density at radius 3 is 2.48 bits per heavy atom. The molecule has 0 aromatic heterocycles. The van der Waals surface area contributed by atoms with Crippen LogP contribution in [0, 0.1) is 24.2 Å². The van der Waals surface area contributed by atoms with Gasteiger partial charge >= 0.3 is 0 Å². The van der Waals surface area contributed by atoms with Crippen LogP contribution < -0.4 is 5.32 Å². The van der Waals surface area contributed by atoms with Gasteiger partial charge in [0, 0.05) is 12.1 Å². The molecule has 0 atom stereocenters. The number of aryl methyl sites for hydroxylation is 1. The summed E-state index contributed by atoms with van der Waals surface area (Å²) in [6.07, 6.45) is 5.13. The molecule has 0 heterocycles. The van der Waals surface area contributed by atoms with Gasteiger partial charge in [-0.15, -0.1) is 0 Å². The Labute approximate surface area is 149 Å². The number of hydrogen-bond acceptors (Lipinski definition) is 2. The Balaban J connectivity index is 1.48. The fourth-order valence-corrected chi connectivity index (χ4v) is 3.73. The summed E-state index contributed by atoms with van der Waals surface area (Å²) < 4.78 is 0. The van der Waals surface area contributed by atoms with E-state index in [-0.39, 0.29) is 5.91 Å². The van der Waals surface area contributed by atoms with E-state index in [2.05, 4.69) is 42.6 Å². The van der Waals surface area contributed by atoms with Gasteiger partial charge in [0.05, 0.1) is 11.6 Å². The number of carbonyl (C=O) groups excluding carboxylic acids is 1. The molecular formula is C22H24N2O. The molecule has 0 saturated heterocycles. The Morgan fingerprint density at radius 2 is 1.84 bits per heavy atom. The molecule has 25 heavy (non-hydrogen) atoms. The zero-order chi connectivity index (χ0) is 17.6. The Kier molecular flexibility index (Phi) is 5.50. The molecule has 1 aliphatic rings. The zero-order valence-electron chi connectivity index (χ0n) is 14.7. The van der Waals surface area contributed by atoms with Gasteiger partial charge < -0.3 is 5.32 Å². The first-order valence-corrected chi connectivity index (χ1v) is 9.00. The fraction of sp³-hybridized carbons (Fsp3) is 0.364. The van der Waals surface area contributed by atoms with Crippen LogP contribution in [-0.4, -0.2) is 5.91 Å². The predicted octanol–water partition coefficient (Wildman–Crippen LogP) is 5.17. The number of hydrogen-bond donors (Lipinski definition) is 1. The highest BCUT2D eigenvalue weighted by molar-refractivity contribution is 5.90. The van der Waals surface area contributed by atoms with Crippen molar-refractivity contribution >= 4 is 11.6 Å². The van der Waals surface area contributed by atoms with Gasteiger partial charge in [-0.3, -0.25) is 4.79 Å². The van der Waals surface area contributed by atoms with E-state index in [0.29, 0.717) is 23.8 Å². The summed E-state index contributed by atoms with van der Waals surface area (Å²) in [7, 11) is 0. The lowest BCUT2D eigenvalue weighted by molar-refractivity contribution is -0.117. The van der Waals surface area contributed by atoms with E-state index < -0.39 is 0 Å². The molecule has 1 saturated carbocycles. The molecule has 1 aliphatic carbocycles. The standard InChI is InChI=1S/C22H24N2O/c1-16-3-2-4-20(13-16)19-9-5-17(6-10-19)14-22(25)24-21-11-7-18(15-23)8-12-21/h2-4,7-8,11-13,17,19H,5-6,9-10,14H2,1H3,(H,24,25). The number of rotatable bonds is 4. The van der Waals surface area contributed by atoms with Crippen molar-refractivity contribution in [3.05, 3.63) is 65.2 Å². The van der Waals surface area contributed by atoms with Gasteiger partial charge in [0.1, 0.15) is 0 Å². The first kappa shape index (κ1) is 17.2. The van der Waals surface area contributed by atoms with Crippen LogP contribution in [0.15, 0.2) is 48.5 Å². The van der Waals surface area contributed by atoms with Crippen LogP contribution in [0.5, 0.6) is 0 Å². The van der Waals surface area contributed by atoms with Crippen LogP contribution in [0.4, 0.5) is 5.69 Å². The van der Waals surface area contributed by atoms with Crippen LogP contribution in [0.2, 0.25) is 0 Å². The van der Waals surface area contributed by atoms with Crippen molar-refractivity contribution in [2.45, 2.75) is 44.9 Å². The lowest BCUT2D eigenvalue weighted by Crippen LogP contribution is -2.20. The summed E-state index contributed by atoms with van der Waals surface area (Å²) in [5.41, 5.74) is 4.13. The maximum Gasteiger partial charge on any atom is 0.224 e. The number of amides is 1. The van der Waals surface area contributed by atoms with Gasteiger partial charge in [-0.1, -0.05) is 29.8 Å². The Bertz CT molecular complexity index is 765. The number of nitrogens with zero attached hydrogens (tertiary/aromatic N) is 1. The van der Waals surface area contributed by atoms with Crippen molar-refractivity contribution in [2.24, 2.45) is 5.92 Å². The predicted molar refractivity (Wildman–Crippen MR) is 100 cm³/mol. The molecule has 0 bridgehead atoms. The highest BCUT2D eigenvalue weighted by Gasteiger charge is 2.24. The maximum atomic E-state index is 12.3. The molecule has 0 spiro atoms. The average molecular weight is 332 g/mol. The van der Waals surface area contributed by atoms with Crippen molar-refractivity contribution in [1.82, 2.24) is 0 Å². The Morgan fingerprint density at radius 1 is 1.12 bits per heavy atom. The van der Waals surface area contributed by atoms with E-state index in [1.54, 1.807) is 24.3 Å². The lowest BCUT2D eigenvalue weighted by atomic mass is 9.77. The van der Waals surface area contributed by atoms with E-state index in [4.69, 9.17) is 5.26 Å². The molecule has 1 N–H and O–H groups in total. The molecule has 3 rings (SSSR count). The molecule has 3 heteroatoms. The van der Waals surface area contributed by atoms with Crippen LogP contribution in [0.3, 0.4) is 0 Å². The van der Waals surface area contributed by atoms with Crippen LogP contribution in [-0.2, 0) is 4.79 Å². The molecule has 0 radical (unpaired) electrons. The summed E-state index contributed by atoms with van der Waals surface area (Å²) in [6, 6.07) is 17.9. The summed E-state index contributed by atoms with van der Waals surface area (Å²) in [4.78, 5) is 12.3. The van der Waals surface area contributed by atoms with Crippen molar-refractivity contribution < 1.29 is 4.79 Å².